The first-order valence-corrected chi connectivity index (χ1v) is 11.8. The Morgan fingerprint density at radius 3 is 2.41 bits per heavy atom. The Balaban J connectivity index is 2.00. The van der Waals surface area contributed by atoms with Crippen molar-refractivity contribution >= 4 is 14.0 Å². The van der Waals surface area contributed by atoms with Crippen LogP contribution in [0.15, 0.2) is 12.4 Å². The van der Waals surface area contributed by atoms with Gasteiger partial charge in [-0.3, -0.25) is 14.8 Å². The summed E-state index contributed by atoms with van der Waals surface area (Å²) >= 11 is 0. The van der Waals surface area contributed by atoms with Gasteiger partial charge in [0.25, 0.3) is 0 Å². The molecule has 150 valence electrons. The van der Waals surface area contributed by atoms with Crippen LogP contribution in [0.3, 0.4) is 0 Å². The van der Waals surface area contributed by atoms with E-state index in [4.69, 9.17) is 9.16 Å². The molecule has 10 heteroatoms. The van der Waals surface area contributed by atoms with Crippen LogP contribution in [0, 0.1) is 17.0 Å². The molecule has 2 aromatic heterocycles. The van der Waals surface area contributed by atoms with Crippen molar-refractivity contribution in [3.8, 4) is 11.7 Å². The first-order chi connectivity index (χ1) is 12.4. The van der Waals surface area contributed by atoms with Crippen molar-refractivity contribution in [2.45, 2.75) is 52.2 Å². The molecule has 0 amide bonds. The molecule has 0 radical (unpaired) electrons. The largest absolute Gasteiger partial charge is 0.472 e. The standard InChI is InChI=1S/C17H29N5O4Si/c1-13-11-20(5)18-15(13)21-12-14(22(23)24)16(19-21)25-9-8-10-26-27(6,7)17(2,3)4/h11-12H,8-10H2,1-7H3. The van der Waals surface area contributed by atoms with Gasteiger partial charge in [0.2, 0.25) is 0 Å². The molecule has 0 saturated carbocycles. The minimum atomic E-state index is -1.80. The van der Waals surface area contributed by atoms with Gasteiger partial charge in [-0.1, -0.05) is 20.8 Å². The average Bonchev–Trinajstić information content (AvgIpc) is 3.08. The van der Waals surface area contributed by atoms with Gasteiger partial charge in [0.1, 0.15) is 6.20 Å². The summed E-state index contributed by atoms with van der Waals surface area (Å²) in [7, 11) is -0.0151. The molecule has 0 aromatic carbocycles. The molecule has 0 aliphatic carbocycles. The smallest absolute Gasteiger partial charge is 0.350 e. The zero-order valence-electron chi connectivity index (χ0n) is 17.1. The monoisotopic (exact) mass is 395 g/mol. The van der Waals surface area contributed by atoms with Gasteiger partial charge in [0.05, 0.1) is 11.5 Å². The van der Waals surface area contributed by atoms with Gasteiger partial charge in [-0.15, -0.1) is 5.10 Å². The SMILES string of the molecule is Cc1cn(C)nc1-n1cc([N+](=O)[O-])c(OCCCO[Si](C)(C)C(C)(C)C)n1. The summed E-state index contributed by atoms with van der Waals surface area (Å²) < 4.78 is 14.7. The number of nitro groups is 1. The van der Waals surface area contributed by atoms with Gasteiger partial charge in [0, 0.05) is 31.8 Å². The van der Waals surface area contributed by atoms with E-state index in [1.807, 2.05) is 13.1 Å². The van der Waals surface area contributed by atoms with Crippen molar-refractivity contribution < 1.29 is 14.1 Å². The third-order valence-electron chi connectivity index (χ3n) is 4.86. The number of hydrogen-bond donors (Lipinski definition) is 0. The second-order valence-electron chi connectivity index (χ2n) is 8.14. The first kappa shape index (κ1) is 21.1. The summed E-state index contributed by atoms with van der Waals surface area (Å²) in [6.45, 7) is 13.7. The van der Waals surface area contributed by atoms with Crippen LogP contribution in [0.1, 0.15) is 32.8 Å². The lowest BCUT2D eigenvalue weighted by Gasteiger charge is -2.36. The topological polar surface area (TPSA) is 97.2 Å². The normalized spacial score (nSPS) is 12.4. The third kappa shape index (κ3) is 4.95. The van der Waals surface area contributed by atoms with Crippen LogP contribution in [0.25, 0.3) is 5.82 Å². The Labute approximate surface area is 160 Å². The van der Waals surface area contributed by atoms with Crippen LogP contribution >= 0.6 is 0 Å². The Morgan fingerprint density at radius 2 is 1.89 bits per heavy atom. The van der Waals surface area contributed by atoms with E-state index in [1.165, 1.54) is 10.9 Å². The number of nitrogens with zero attached hydrogens (tertiary/aromatic N) is 5. The predicted octanol–water partition coefficient (Wildman–Crippen LogP) is 3.61. The van der Waals surface area contributed by atoms with Crippen molar-refractivity contribution in [2.75, 3.05) is 13.2 Å². The van der Waals surface area contributed by atoms with Crippen molar-refractivity contribution in [1.82, 2.24) is 19.6 Å². The minimum Gasteiger partial charge on any atom is -0.472 e. The van der Waals surface area contributed by atoms with Crippen LogP contribution < -0.4 is 4.74 Å². The van der Waals surface area contributed by atoms with Gasteiger partial charge in [0.15, 0.2) is 14.1 Å². The van der Waals surface area contributed by atoms with Gasteiger partial charge >= 0.3 is 11.6 Å². The molecule has 2 heterocycles. The zero-order chi connectivity index (χ0) is 20.4. The Morgan fingerprint density at radius 1 is 1.22 bits per heavy atom. The first-order valence-electron chi connectivity index (χ1n) is 8.94. The summed E-state index contributed by atoms with van der Waals surface area (Å²) in [6.07, 6.45) is 3.79. The quantitative estimate of drug-likeness (QED) is 0.293. The summed E-state index contributed by atoms with van der Waals surface area (Å²) in [6, 6.07) is 0. The molecule has 27 heavy (non-hydrogen) atoms. The Hall–Kier alpha value is -2.20. The fourth-order valence-electron chi connectivity index (χ4n) is 2.28. The lowest BCUT2D eigenvalue weighted by Crippen LogP contribution is -2.41. The lowest BCUT2D eigenvalue weighted by molar-refractivity contribution is -0.385. The molecular formula is C17H29N5O4Si. The van der Waals surface area contributed by atoms with Gasteiger partial charge in [-0.05, 0) is 25.1 Å². The molecule has 0 fully saturated rings. The molecule has 0 bridgehead atoms. The fraction of sp³-hybridized carbons (Fsp3) is 0.647. The van der Waals surface area contributed by atoms with Crippen LogP contribution in [-0.2, 0) is 11.5 Å². The maximum atomic E-state index is 11.3. The second kappa shape index (κ2) is 7.81. The molecule has 2 aromatic rings. The van der Waals surface area contributed by atoms with Crippen molar-refractivity contribution in [3.05, 3.63) is 28.1 Å². The third-order valence-corrected chi connectivity index (χ3v) is 9.40. The van der Waals surface area contributed by atoms with Crippen molar-refractivity contribution in [2.24, 2.45) is 7.05 Å². The van der Waals surface area contributed by atoms with Gasteiger partial charge in [-0.2, -0.15) is 5.10 Å². The average molecular weight is 396 g/mol. The highest BCUT2D eigenvalue weighted by Gasteiger charge is 2.36. The maximum absolute atomic E-state index is 11.3. The van der Waals surface area contributed by atoms with Crippen molar-refractivity contribution in [3.63, 3.8) is 0 Å². The van der Waals surface area contributed by atoms with Gasteiger partial charge < -0.3 is 9.16 Å². The maximum Gasteiger partial charge on any atom is 0.350 e. The van der Waals surface area contributed by atoms with Gasteiger partial charge in [-0.25, -0.2) is 4.68 Å². The minimum absolute atomic E-state index is 0.00243. The van der Waals surface area contributed by atoms with Crippen molar-refractivity contribution in [1.29, 1.82) is 0 Å². The molecular weight excluding hydrogens is 366 g/mol. The highest BCUT2D eigenvalue weighted by Crippen LogP contribution is 2.36. The summed E-state index contributed by atoms with van der Waals surface area (Å²) in [4.78, 5) is 10.8. The highest BCUT2D eigenvalue weighted by molar-refractivity contribution is 6.74. The molecule has 9 nitrogen and oxygen atoms in total. The van der Waals surface area contributed by atoms with E-state index in [0.717, 1.165) is 5.56 Å². The van der Waals surface area contributed by atoms with Crippen LogP contribution in [0.2, 0.25) is 18.1 Å². The molecule has 0 N–H and O–H groups in total. The number of rotatable bonds is 8. The lowest BCUT2D eigenvalue weighted by atomic mass is 10.2. The number of aromatic nitrogens is 4. The van der Waals surface area contributed by atoms with E-state index in [2.05, 4.69) is 44.1 Å². The predicted molar refractivity (Wildman–Crippen MR) is 105 cm³/mol. The summed E-state index contributed by atoms with van der Waals surface area (Å²) in [5.74, 6) is 0.536. The molecule has 0 saturated heterocycles. The molecule has 0 atom stereocenters. The van der Waals surface area contributed by atoms with E-state index >= 15 is 0 Å². The molecule has 0 aliphatic heterocycles. The van der Waals surface area contributed by atoms with E-state index < -0.39 is 13.2 Å². The van der Waals surface area contributed by atoms with Crippen LogP contribution in [-0.4, -0.2) is 46.0 Å². The zero-order valence-corrected chi connectivity index (χ0v) is 18.1. The van der Waals surface area contributed by atoms with Crippen LogP contribution in [0.5, 0.6) is 5.88 Å². The number of aryl methyl sites for hydroxylation is 2. The van der Waals surface area contributed by atoms with E-state index in [-0.39, 0.29) is 16.6 Å². The molecule has 0 unspecified atom stereocenters. The van der Waals surface area contributed by atoms with E-state index in [0.29, 0.717) is 25.5 Å². The summed E-state index contributed by atoms with van der Waals surface area (Å²) in [5.41, 5.74) is 0.689. The number of hydrogen-bond acceptors (Lipinski definition) is 6. The highest BCUT2D eigenvalue weighted by atomic mass is 28.4. The van der Waals surface area contributed by atoms with E-state index in [1.54, 1.807) is 11.7 Å². The second-order valence-corrected chi connectivity index (χ2v) is 13.0. The van der Waals surface area contributed by atoms with E-state index in [9.17, 15) is 10.1 Å². The molecule has 0 spiro atoms. The molecule has 2 rings (SSSR count). The summed E-state index contributed by atoms with van der Waals surface area (Å²) in [5, 5.41) is 19.9. The number of ether oxygens (including phenoxy) is 1. The van der Waals surface area contributed by atoms with Crippen LogP contribution in [0.4, 0.5) is 5.69 Å². The molecule has 0 aliphatic rings. The fourth-order valence-corrected chi connectivity index (χ4v) is 3.37. The Kier molecular flexibility index (Phi) is 6.10. The Bertz CT molecular complexity index is 807.